The van der Waals surface area contributed by atoms with Crippen LogP contribution in [0.5, 0.6) is 0 Å². The topological polar surface area (TPSA) is 39.3 Å². The van der Waals surface area contributed by atoms with Crippen LogP contribution in [0.4, 0.5) is 0 Å². The predicted octanol–water partition coefficient (Wildman–Crippen LogP) is 1.45. The van der Waals surface area contributed by atoms with Crippen molar-refractivity contribution in [3.8, 4) is 11.3 Å². The van der Waals surface area contributed by atoms with E-state index in [4.69, 9.17) is 0 Å². The Morgan fingerprint density at radius 1 is 1.05 bits per heavy atom. The second-order valence-corrected chi connectivity index (χ2v) is 5.79. The third-order valence-corrected chi connectivity index (χ3v) is 4.35. The summed E-state index contributed by atoms with van der Waals surface area (Å²) >= 11 is 0. The van der Waals surface area contributed by atoms with Gasteiger partial charge in [-0.15, -0.1) is 0 Å². The van der Waals surface area contributed by atoms with Crippen molar-refractivity contribution in [2.75, 3.05) is 19.6 Å². The van der Waals surface area contributed by atoms with Crippen molar-refractivity contribution >= 4 is 0 Å². The van der Waals surface area contributed by atoms with Gasteiger partial charge in [0.05, 0.1) is 31.9 Å². The molecular formula is C18H26N3O+. The van der Waals surface area contributed by atoms with Crippen LogP contribution in [-0.4, -0.2) is 29.4 Å². The van der Waals surface area contributed by atoms with Gasteiger partial charge in [-0.2, -0.15) is 5.10 Å². The summed E-state index contributed by atoms with van der Waals surface area (Å²) in [4.78, 5) is 13.5. The Bertz CT molecular complexity index is 687. The number of rotatable bonds is 6. The van der Waals surface area contributed by atoms with Gasteiger partial charge in [0.1, 0.15) is 0 Å². The molecule has 0 saturated carbocycles. The fraction of sp³-hybridized carbons (Fsp3) is 0.444. The van der Waals surface area contributed by atoms with Crippen LogP contribution >= 0.6 is 0 Å². The van der Waals surface area contributed by atoms with Crippen LogP contribution in [0.1, 0.15) is 25.0 Å². The molecule has 2 rings (SSSR count). The van der Waals surface area contributed by atoms with Gasteiger partial charge in [0.25, 0.3) is 5.56 Å². The van der Waals surface area contributed by atoms with E-state index in [2.05, 4.69) is 51.0 Å². The molecule has 0 amide bonds. The van der Waals surface area contributed by atoms with Gasteiger partial charge in [-0.3, -0.25) is 4.79 Å². The quantitative estimate of drug-likeness (QED) is 0.877. The minimum atomic E-state index is -0.0286. The highest BCUT2D eigenvalue weighted by molar-refractivity contribution is 5.60. The summed E-state index contributed by atoms with van der Waals surface area (Å²) < 4.78 is 1.59. The normalized spacial score (nSPS) is 11.1. The van der Waals surface area contributed by atoms with Crippen molar-refractivity contribution in [1.29, 1.82) is 0 Å². The number of nitrogens with zero attached hydrogens (tertiary/aromatic N) is 2. The number of hydrogen-bond donors (Lipinski definition) is 1. The van der Waals surface area contributed by atoms with E-state index in [-0.39, 0.29) is 5.56 Å². The van der Waals surface area contributed by atoms with Gasteiger partial charge >= 0.3 is 0 Å². The maximum Gasteiger partial charge on any atom is 0.266 e. The molecule has 0 aliphatic carbocycles. The second-order valence-electron chi connectivity index (χ2n) is 5.79. The summed E-state index contributed by atoms with van der Waals surface area (Å²) in [5, 5.41) is 4.54. The van der Waals surface area contributed by atoms with Crippen LogP contribution in [-0.2, 0) is 6.54 Å². The Kier molecular flexibility index (Phi) is 5.50. The lowest BCUT2D eigenvalue weighted by molar-refractivity contribution is -0.897. The number of nitrogens with one attached hydrogen (secondary N) is 1. The molecule has 1 aromatic carbocycles. The van der Waals surface area contributed by atoms with Gasteiger partial charge in [-0.1, -0.05) is 12.1 Å². The maximum atomic E-state index is 12.0. The molecule has 1 aromatic heterocycles. The first-order valence-corrected chi connectivity index (χ1v) is 8.04. The number of aryl methyl sites for hydroxylation is 2. The Morgan fingerprint density at radius 3 is 2.41 bits per heavy atom. The molecule has 118 valence electrons. The first-order valence-electron chi connectivity index (χ1n) is 8.04. The van der Waals surface area contributed by atoms with Crippen molar-refractivity contribution in [2.45, 2.75) is 34.2 Å². The zero-order valence-electron chi connectivity index (χ0n) is 14.0. The molecule has 0 aliphatic rings. The van der Waals surface area contributed by atoms with E-state index < -0.39 is 0 Å². The Labute approximate surface area is 132 Å². The molecule has 1 heterocycles. The summed E-state index contributed by atoms with van der Waals surface area (Å²) in [5.74, 6) is 0. The Hall–Kier alpha value is -1.94. The van der Waals surface area contributed by atoms with E-state index in [0.29, 0.717) is 6.54 Å². The molecule has 0 fully saturated rings. The van der Waals surface area contributed by atoms with Gasteiger partial charge in [-0.25, -0.2) is 4.68 Å². The SMILES string of the molecule is CC[NH+](CC)CCn1nc(-c2ccc(C)c(C)c2)ccc1=O. The number of benzene rings is 1. The lowest BCUT2D eigenvalue weighted by Crippen LogP contribution is -3.11. The number of quaternary nitrogens is 1. The van der Waals surface area contributed by atoms with E-state index in [0.717, 1.165) is 30.9 Å². The van der Waals surface area contributed by atoms with Crippen LogP contribution < -0.4 is 10.5 Å². The van der Waals surface area contributed by atoms with Crippen molar-refractivity contribution < 1.29 is 4.90 Å². The van der Waals surface area contributed by atoms with Gasteiger partial charge in [0, 0.05) is 11.6 Å². The zero-order valence-corrected chi connectivity index (χ0v) is 14.0. The van der Waals surface area contributed by atoms with E-state index in [9.17, 15) is 4.79 Å². The van der Waals surface area contributed by atoms with Crippen LogP contribution in [0, 0.1) is 13.8 Å². The van der Waals surface area contributed by atoms with Crippen molar-refractivity contribution in [3.05, 3.63) is 51.8 Å². The smallest absolute Gasteiger partial charge is 0.266 e. The summed E-state index contributed by atoms with van der Waals surface area (Å²) in [5.41, 5.74) is 4.40. The highest BCUT2D eigenvalue weighted by Crippen LogP contribution is 2.19. The maximum absolute atomic E-state index is 12.0. The molecule has 0 saturated heterocycles. The number of aromatic nitrogens is 2. The summed E-state index contributed by atoms with van der Waals surface area (Å²) in [6.07, 6.45) is 0. The standard InChI is InChI=1S/C18H25N3O/c1-5-20(6-2)11-12-21-18(22)10-9-17(19-21)16-8-7-14(3)15(4)13-16/h7-10,13H,5-6,11-12H2,1-4H3/p+1. The lowest BCUT2D eigenvalue weighted by Gasteiger charge is -2.15. The molecule has 22 heavy (non-hydrogen) atoms. The summed E-state index contributed by atoms with van der Waals surface area (Å²) in [7, 11) is 0. The molecule has 0 bridgehead atoms. The third-order valence-electron chi connectivity index (χ3n) is 4.35. The molecular weight excluding hydrogens is 274 g/mol. The minimum Gasteiger partial charge on any atom is -0.334 e. The zero-order chi connectivity index (χ0) is 16.1. The van der Waals surface area contributed by atoms with Crippen LogP contribution in [0.3, 0.4) is 0 Å². The van der Waals surface area contributed by atoms with E-state index in [1.165, 1.54) is 16.0 Å². The van der Waals surface area contributed by atoms with E-state index in [1.807, 2.05) is 6.07 Å². The average molecular weight is 300 g/mol. The number of hydrogen-bond acceptors (Lipinski definition) is 2. The Balaban J connectivity index is 2.26. The monoisotopic (exact) mass is 300 g/mol. The van der Waals surface area contributed by atoms with E-state index >= 15 is 0 Å². The minimum absolute atomic E-state index is 0.0286. The van der Waals surface area contributed by atoms with E-state index in [1.54, 1.807) is 10.7 Å². The molecule has 1 N–H and O–H groups in total. The van der Waals surface area contributed by atoms with Gasteiger partial charge < -0.3 is 4.90 Å². The van der Waals surface area contributed by atoms with Crippen molar-refractivity contribution in [3.63, 3.8) is 0 Å². The Morgan fingerprint density at radius 2 is 1.77 bits per heavy atom. The number of likely N-dealkylation sites (N-methyl/N-ethyl adjacent to an activating group) is 1. The third kappa shape index (κ3) is 3.83. The van der Waals surface area contributed by atoms with Gasteiger partial charge in [0.2, 0.25) is 0 Å². The highest BCUT2D eigenvalue weighted by Gasteiger charge is 2.07. The molecule has 0 atom stereocenters. The highest BCUT2D eigenvalue weighted by atomic mass is 16.1. The fourth-order valence-corrected chi connectivity index (χ4v) is 2.53. The molecule has 4 heteroatoms. The predicted molar refractivity (Wildman–Crippen MR) is 90.3 cm³/mol. The van der Waals surface area contributed by atoms with Gasteiger partial charge in [0.15, 0.2) is 0 Å². The van der Waals surface area contributed by atoms with Crippen molar-refractivity contribution in [1.82, 2.24) is 9.78 Å². The first kappa shape index (κ1) is 16.4. The molecule has 0 aliphatic heterocycles. The molecule has 0 radical (unpaired) electrons. The molecule has 0 spiro atoms. The van der Waals surface area contributed by atoms with Crippen LogP contribution in [0.15, 0.2) is 35.1 Å². The largest absolute Gasteiger partial charge is 0.334 e. The fourth-order valence-electron chi connectivity index (χ4n) is 2.53. The first-order chi connectivity index (χ1) is 10.5. The van der Waals surface area contributed by atoms with Gasteiger partial charge in [-0.05, 0) is 51.0 Å². The van der Waals surface area contributed by atoms with Crippen LogP contribution in [0.25, 0.3) is 11.3 Å². The molecule has 0 unspecified atom stereocenters. The molecule has 4 nitrogen and oxygen atoms in total. The van der Waals surface area contributed by atoms with Crippen molar-refractivity contribution in [2.24, 2.45) is 0 Å². The van der Waals surface area contributed by atoms with Crippen LogP contribution in [0.2, 0.25) is 0 Å². The summed E-state index contributed by atoms with van der Waals surface area (Å²) in [6.45, 7) is 12.3. The second kappa shape index (κ2) is 7.36. The average Bonchev–Trinajstić information content (AvgIpc) is 2.52. The molecule has 2 aromatic rings. The summed E-state index contributed by atoms with van der Waals surface area (Å²) in [6, 6.07) is 9.72. The lowest BCUT2D eigenvalue weighted by atomic mass is 10.0.